The Balaban J connectivity index is 1.85. The maximum Gasteiger partial charge on any atom is 0.232 e. The summed E-state index contributed by atoms with van der Waals surface area (Å²) < 4.78 is 0. The average Bonchev–Trinajstić information content (AvgIpc) is 2.60. The summed E-state index contributed by atoms with van der Waals surface area (Å²) >= 11 is 0. The largest absolute Gasteiger partial charge is 0.351 e. The molecule has 23 heavy (non-hydrogen) atoms. The van der Waals surface area contributed by atoms with Crippen LogP contribution in [0.1, 0.15) is 24.5 Å². The molecule has 120 valence electrons. The molecule has 0 saturated heterocycles. The standard InChI is InChI=1S/C19H22N2O2/c1-2-17(18(22)20-13-15-9-5-3-6-10-15)19(23)21-14-16-11-7-4-8-12-16/h3-12,17H,2,13-14H2,1H3,(H,20,22)(H,21,23). The lowest BCUT2D eigenvalue weighted by Gasteiger charge is -2.15. The first-order valence-electron chi connectivity index (χ1n) is 7.84. The number of carbonyl (C=O) groups is 2. The number of amides is 2. The second-order valence-electron chi connectivity index (χ2n) is 5.37. The summed E-state index contributed by atoms with van der Waals surface area (Å²) in [6.45, 7) is 2.71. The molecule has 0 aromatic heterocycles. The third-order valence-electron chi connectivity index (χ3n) is 3.66. The van der Waals surface area contributed by atoms with Gasteiger partial charge in [0.15, 0.2) is 0 Å². The summed E-state index contributed by atoms with van der Waals surface area (Å²) in [6.07, 6.45) is 0.473. The number of nitrogens with one attached hydrogen (secondary N) is 2. The molecule has 0 aliphatic carbocycles. The summed E-state index contributed by atoms with van der Waals surface area (Å²) in [4.78, 5) is 24.5. The topological polar surface area (TPSA) is 58.2 Å². The van der Waals surface area contributed by atoms with Gasteiger partial charge in [0.25, 0.3) is 0 Å². The number of hydrogen-bond acceptors (Lipinski definition) is 2. The van der Waals surface area contributed by atoms with Gasteiger partial charge >= 0.3 is 0 Å². The highest BCUT2D eigenvalue weighted by Gasteiger charge is 2.24. The van der Waals surface area contributed by atoms with E-state index in [2.05, 4.69) is 10.6 Å². The molecule has 2 amide bonds. The maximum atomic E-state index is 12.2. The van der Waals surface area contributed by atoms with Crippen LogP contribution in [0, 0.1) is 5.92 Å². The molecule has 2 rings (SSSR count). The fourth-order valence-corrected chi connectivity index (χ4v) is 2.31. The van der Waals surface area contributed by atoms with Gasteiger partial charge in [-0.2, -0.15) is 0 Å². The average molecular weight is 310 g/mol. The maximum absolute atomic E-state index is 12.2. The Bertz CT molecular complexity index is 571. The van der Waals surface area contributed by atoms with E-state index in [1.165, 1.54) is 0 Å². The number of rotatable bonds is 7. The van der Waals surface area contributed by atoms with Gasteiger partial charge in [-0.1, -0.05) is 67.6 Å². The lowest BCUT2D eigenvalue weighted by Crippen LogP contribution is -2.40. The third kappa shape index (κ3) is 5.25. The molecule has 0 spiro atoms. The van der Waals surface area contributed by atoms with Gasteiger partial charge in [-0.05, 0) is 17.5 Å². The zero-order chi connectivity index (χ0) is 16.5. The smallest absolute Gasteiger partial charge is 0.232 e. The first-order chi connectivity index (χ1) is 11.2. The number of hydrogen-bond donors (Lipinski definition) is 2. The zero-order valence-corrected chi connectivity index (χ0v) is 13.3. The van der Waals surface area contributed by atoms with Gasteiger partial charge in [-0.15, -0.1) is 0 Å². The highest BCUT2D eigenvalue weighted by molar-refractivity contribution is 6.00. The van der Waals surface area contributed by atoms with Gasteiger partial charge in [0, 0.05) is 13.1 Å². The predicted molar refractivity (Wildman–Crippen MR) is 90.4 cm³/mol. The van der Waals surface area contributed by atoms with Gasteiger partial charge < -0.3 is 10.6 Å². The lowest BCUT2D eigenvalue weighted by atomic mass is 10.0. The first-order valence-corrected chi connectivity index (χ1v) is 7.84. The van der Waals surface area contributed by atoms with Crippen LogP contribution in [0.15, 0.2) is 60.7 Å². The molecule has 0 radical (unpaired) electrons. The summed E-state index contributed by atoms with van der Waals surface area (Å²) in [5.41, 5.74) is 2.03. The van der Waals surface area contributed by atoms with Crippen LogP contribution in [0.25, 0.3) is 0 Å². The molecule has 0 bridgehead atoms. The summed E-state index contributed by atoms with van der Waals surface area (Å²) in [7, 11) is 0. The van der Waals surface area contributed by atoms with Crippen LogP contribution in [-0.4, -0.2) is 11.8 Å². The van der Waals surface area contributed by atoms with Gasteiger partial charge in [0.2, 0.25) is 11.8 Å². The minimum atomic E-state index is -0.664. The molecular formula is C19H22N2O2. The summed E-state index contributed by atoms with van der Waals surface area (Å²) in [6, 6.07) is 19.3. The molecule has 0 heterocycles. The van der Waals surface area contributed by atoms with Gasteiger partial charge in [-0.3, -0.25) is 9.59 Å². The van der Waals surface area contributed by atoms with E-state index in [0.29, 0.717) is 19.5 Å². The number of carbonyl (C=O) groups excluding carboxylic acids is 2. The van der Waals surface area contributed by atoms with Gasteiger partial charge in [0.05, 0.1) is 0 Å². The SMILES string of the molecule is CCC(C(=O)NCc1ccccc1)C(=O)NCc1ccccc1. The molecule has 4 heteroatoms. The molecule has 2 N–H and O–H groups in total. The second-order valence-corrected chi connectivity index (χ2v) is 5.37. The van der Waals surface area contributed by atoms with Crippen molar-refractivity contribution in [2.75, 3.05) is 0 Å². The van der Waals surface area contributed by atoms with Gasteiger partial charge in [-0.25, -0.2) is 0 Å². The Labute approximate surface area is 136 Å². The molecule has 0 aliphatic heterocycles. The summed E-state index contributed by atoms with van der Waals surface area (Å²) in [5, 5.41) is 5.66. The highest BCUT2D eigenvalue weighted by atomic mass is 16.2. The molecule has 0 fully saturated rings. The van der Waals surface area contributed by atoms with Crippen molar-refractivity contribution in [3.05, 3.63) is 71.8 Å². The third-order valence-corrected chi connectivity index (χ3v) is 3.66. The van der Waals surface area contributed by atoms with Crippen molar-refractivity contribution in [2.45, 2.75) is 26.4 Å². The first kappa shape index (κ1) is 16.7. The fraction of sp³-hybridized carbons (Fsp3) is 0.263. The van der Waals surface area contributed by atoms with E-state index in [1.54, 1.807) is 0 Å². The van der Waals surface area contributed by atoms with Crippen LogP contribution >= 0.6 is 0 Å². The molecule has 2 aromatic carbocycles. The fourth-order valence-electron chi connectivity index (χ4n) is 2.31. The predicted octanol–water partition coefficient (Wildman–Crippen LogP) is 2.65. The molecule has 0 saturated carbocycles. The van der Waals surface area contributed by atoms with Crippen molar-refractivity contribution < 1.29 is 9.59 Å². The van der Waals surface area contributed by atoms with Crippen molar-refractivity contribution in [3.63, 3.8) is 0 Å². The molecule has 2 aromatic rings. The Hall–Kier alpha value is -2.62. The second kappa shape index (κ2) is 8.73. The van der Waals surface area contributed by atoms with Crippen molar-refractivity contribution in [1.82, 2.24) is 10.6 Å². The lowest BCUT2D eigenvalue weighted by molar-refractivity contribution is -0.135. The molecule has 4 nitrogen and oxygen atoms in total. The quantitative estimate of drug-likeness (QED) is 0.772. The number of benzene rings is 2. The van der Waals surface area contributed by atoms with Crippen LogP contribution in [-0.2, 0) is 22.7 Å². The monoisotopic (exact) mass is 310 g/mol. The molecule has 0 atom stereocenters. The normalized spacial score (nSPS) is 10.3. The van der Waals surface area contributed by atoms with Crippen molar-refractivity contribution in [2.24, 2.45) is 5.92 Å². The minimum absolute atomic E-state index is 0.234. The van der Waals surface area contributed by atoms with Crippen LogP contribution < -0.4 is 10.6 Å². The zero-order valence-electron chi connectivity index (χ0n) is 13.3. The van der Waals surface area contributed by atoms with Crippen molar-refractivity contribution >= 4 is 11.8 Å². The Morgan fingerprint density at radius 3 is 1.52 bits per heavy atom. The molecule has 0 unspecified atom stereocenters. The van der Waals surface area contributed by atoms with Crippen molar-refractivity contribution in [1.29, 1.82) is 0 Å². The summed E-state index contributed by atoms with van der Waals surface area (Å²) in [5.74, 6) is -1.13. The Morgan fingerprint density at radius 2 is 1.17 bits per heavy atom. The van der Waals surface area contributed by atoms with Crippen LogP contribution in [0.4, 0.5) is 0 Å². The van der Waals surface area contributed by atoms with E-state index >= 15 is 0 Å². The Kier molecular flexibility index (Phi) is 6.36. The molecular weight excluding hydrogens is 288 g/mol. The van der Waals surface area contributed by atoms with Crippen molar-refractivity contribution in [3.8, 4) is 0 Å². The van der Waals surface area contributed by atoms with E-state index in [9.17, 15) is 9.59 Å². The van der Waals surface area contributed by atoms with E-state index in [-0.39, 0.29) is 11.8 Å². The van der Waals surface area contributed by atoms with E-state index < -0.39 is 5.92 Å². The van der Waals surface area contributed by atoms with Gasteiger partial charge in [0.1, 0.15) is 5.92 Å². The highest BCUT2D eigenvalue weighted by Crippen LogP contribution is 2.06. The molecule has 0 aliphatic rings. The Morgan fingerprint density at radius 1 is 0.783 bits per heavy atom. The van der Waals surface area contributed by atoms with Crippen LogP contribution in [0.2, 0.25) is 0 Å². The van der Waals surface area contributed by atoms with E-state index in [4.69, 9.17) is 0 Å². The van der Waals surface area contributed by atoms with E-state index in [0.717, 1.165) is 11.1 Å². The van der Waals surface area contributed by atoms with Crippen LogP contribution in [0.3, 0.4) is 0 Å². The van der Waals surface area contributed by atoms with E-state index in [1.807, 2.05) is 67.6 Å². The van der Waals surface area contributed by atoms with Crippen LogP contribution in [0.5, 0.6) is 0 Å². The minimum Gasteiger partial charge on any atom is -0.351 e.